The summed E-state index contributed by atoms with van der Waals surface area (Å²) in [6.45, 7) is 0.826. The molecule has 148 valence electrons. The SMILES string of the molecule is O=C(NCC(=O)N1CC(Oc2ccccc2Cl)C1)c1cc(-c2ccccc2)[nH]n1. The second-order valence-corrected chi connectivity index (χ2v) is 7.09. The second-order valence-electron chi connectivity index (χ2n) is 6.68. The quantitative estimate of drug-likeness (QED) is 0.654. The number of carbonyl (C=O) groups excluding carboxylic acids is 2. The molecule has 7 nitrogen and oxygen atoms in total. The lowest BCUT2D eigenvalue weighted by atomic mass is 10.1. The molecule has 1 aromatic heterocycles. The van der Waals surface area contributed by atoms with Crippen molar-refractivity contribution in [3.05, 3.63) is 71.4 Å². The maximum absolute atomic E-state index is 12.3. The topological polar surface area (TPSA) is 87.3 Å². The molecule has 3 aromatic rings. The summed E-state index contributed by atoms with van der Waals surface area (Å²) in [6.07, 6.45) is -0.102. The number of carbonyl (C=O) groups is 2. The number of nitrogens with zero attached hydrogens (tertiary/aromatic N) is 2. The number of hydrogen-bond donors (Lipinski definition) is 2. The van der Waals surface area contributed by atoms with Gasteiger partial charge in [0.25, 0.3) is 5.91 Å². The maximum Gasteiger partial charge on any atom is 0.272 e. The number of halogens is 1. The van der Waals surface area contributed by atoms with Crippen LogP contribution in [0.25, 0.3) is 11.3 Å². The average molecular weight is 411 g/mol. The molecule has 1 aliphatic rings. The van der Waals surface area contributed by atoms with Crippen molar-refractivity contribution in [1.82, 2.24) is 20.4 Å². The predicted octanol–water partition coefficient (Wildman–Crippen LogP) is 2.75. The number of benzene rings is 2. The summed E-state index contributed by atoms with van der Waals surface area (Å²) < 4.78 is 5.77. The molecular weight excluding hydrogens is 392 g/mol. The number of amides is 2. The first kappa shape index (κ1) is 19.0. The van der Waals surface area contributed by atoms with E-state index in [1.807, 2.05) is 42.5 Å². The summed E-state index contributed by atoms with van der Waals surface area (Å²) >= 11 is 6.07. The summed E-state index contributed by atoms with van der Waals surface area (Å²) in [5.41, 5.74) is 1.91. The molecule has 1 fully saturated rings. The molecule has 2 heterocycles. The van der Waals surface area contributed by atoms with Crippen molar-refractivity contribution >= 4 is 23.4 Å². The van der Waals surface area contributed by atoms with Crippen LogP contribution >= 0.6 is 11.6 Å². The Morgan fingerprint density at radius 1 is 1.14 bits per heavy atom. The van der Waals surface area contributed by atoms with Crippen molar-refractivity contribution in [1.29, 1.82) is 0 Å². The first-order valence-corrected chi connectivity index (χ1v) is 9.56. The number of ether oxygens (including phenoxy) is 1. The minimum atomic E-state index is -0.402. The Labute approximate surface area is 172 Å². The highest BCUT2D eigenvalue weighted by Gasteiger charge is 2.32. The lowest BCUT2D eigenvalue weighted by molar-refractivity contribution is -0.138. The lowest BCUT2D eigenvalue weighted by Gasteiger charge is -2.39. The fraction of sp³-hybridized carbons (Fsp3) is 0.190. The first-order chi connectivity index (χ1) is 14.1. The summed E-state index contributed by atoms with van der Waals surface area (Å²) in [4.78, 5) is 26.1. The Kier molecular flexibility index (Phi) is 5.48. The highest BCUT2D eigenvalue weighted by molar-refractivity contribution is 6.32. The highest BCUT2D eigenvalue weighted by atomic mass is 35.5. The van der Waals surface area contributed by atoms with Gasteiger partial charge in [-0.25, -0.2) is 0 Å². The van der Waals surface area contributed by atoms with Crippen molar-refractivity contribution in [3.63, 3.8) is 0 Å². The Hall–Kier alpha value is -3.32. The third kappa shape index (κ3) is 4.41. The normalized spacial score (nSPS) is 13.6. The van der Waals surface area contributed by atoms with Crippen LogP contribution in [0.2, 0.25) is 5.02 Å². The van der Waals surface area contributed by atoms with E-state index in [0.717, 1.165) is 11.3 Å². The molecule has 0 spiro atoms. The molecule has 0 saturated carbocycles. The van der Waals surface area contributed by atoms with Crippen LogP contribution in [0.4, 0.5) is 0 Å². The van der Waals surface area contributed by atoms with Crippen molar-refractivity contribution in [3.8, 4) is 17.0 Å². The average Bonchev–Trinajstić information content (AvgIpc) is 3.20. The van der Waals surface area contributed by atoms with Gasteiger partial charge < -0.3 is 15.0 Å². The van der Waals surface area contributed by atoms with Crippen LogP contribution in [0.1, 0.15) is 10.5 Å². The van der Waals surface area contributed by atoms with E-state index in [2.05, 4.69) is 15.5 Å². The second kappa shape index (κ2) is 8.36. The van der Waals surface area contributed by atoms with Gasteiger partial charge in [0, 0.05) is 0 Å². The van der Waals surface area contributed by atoms with Gasteiger partial charge >= 0.3 is 0 Å². The summed E-state index contributed by atoms with van der Waals surface area (Å²) in [5.74, 6) is 0.0321. The van der Waals surface area contributed by atoms with Crippen molar-refractivity contribution in [2.24, 2.45) is 0 Å². The van der Waals surface area contributed by atoms with E-state index in [1.165, 1.54) is 0 Å². The molecule has 8 heteroatoms. The van der Waals surface area contributed by atoms with Gasteiger partial charge in [0.15, 0.2) is 5.69 Å². The largest absolute Gasteiger partial charge is 0.485 e. The molecule has 2 amide bonds. The number of H-pyrrole nitrogens is 1. The van der Waals surface area contributed by atoms with Crippen LogP contribution in [0.15, 0.2) is 60.7 Å². The van der Waals surface area contributed by atoms with Crippen LogP contribution in [-0.2, 0) is 4.79 Å². The molecular formula is C21H19ClN4O3. The van der Waals surface area contributed by atoms with Crippen LogP contribution in [0.5, 0.6) is 5.75 Å². The number of likely N-dealkylation sites (tertiary alicyclic amines) is 1. The maximum atomic E-state index is 12.3. The number of para-hydroxylation sites is 1. The van der Waals surface area contributed by atoms with E-state index >= 15 is 0 Å². The molecule has 1 aliphatic heterocycles. The van der Waals surface area contributed by atoms with Crippen LogP contribution < -0.4 is 10.1 Å². The summed E-state index contributed by atoms with van der Waals surface area (Å²) in [6, 6.07) is 18.5. The molecule has 29 heavy (non-hydrogen) atoms. The zero-order chi connectivity index (χ0) is 20.2. The molecule has 4 rings (SSSR count). The summed E-state index contributed by atoms with van der Waals surface area (Å²) in [5, 5.41) is 10.0. The molecule has 0 radical (unpaired) electrons. The minimum Gasteiger partial charge on any atom is -0.485 e. The molecule has 0 unspecified atom stereocenters. The molecule has 0 atom stereocenters. The third-order valence-electron chi connectivity index (χ3n) is 4.63. The Bertz CT molecular complexity index is 1020. The number of rotatable bonds is 6. The van der Waals surface area contributed by atoms with E-state index in [-0.39, 0.29) is 24.2 Å². The van der Waals surface area contributed by atoms with Gasteiger partial charge in [-0.2, -0.15) is 5.10 Å². The molecule has 0 aliphatic carbocycles. The standard InChI is InChI=1S/C21H19ClN4O3/c22-16-8-4-5-9-19(16)29-15-12-26(13-15)20(27)11-23-21(28)18-10-17(24-25-18)14-6-2-1-3-7-14/h1-10,15H,11-13H2,(H,23,28)(H,24,25). The Balaban J connectivity index is 1.24. The summed E-state index contributed by atoms with van der Waals surface area (Å²) in [7, 11) is 0. The Morgan fingerprint density at radius 3 is 2.62 bits per heavy atom. The van der Waals surface area contributed by atoms with Crippen LogP contribution in [0, 0.1) is 0 Å². The fourth-order valence-corrected chi connectivity index (χ4v) is 3.18. The van der Waals surface area contributed by atoms with E-state index in [0.29, 0.717) is 23.9 Å². The van der Waals surface area contributed by atoms with Crippen molar-refractivity contribution < 1.29 is 14.3 Å². The van der Waals surface area contributed by atoms with Crippen LogP contribution in [-0.4, -0.2) is 52.6 Å². The monoisotopic (exact) mass is 410 g/mol. The van der Waals surface area contributed by atoms with Gasteiger partial charge in [-0.15, -0.1) is 0 Å². The van der Waals surface area contributed by atoms with E-state index in [4.69, 9.17) is 16.3 Å². The van der Waals surface area contributed by atoms with Gasteiger partial charge in [0.05, 0.1) is 30.4 Å². The number of aromatic amines is 1. The van der Waals surface area contributed by atoms with Gasteiger partial charge in [0.2, 0.25) is 5.91 Å². The Morgan fingerprint density at radius 2 is 1.86 bits per heavy atom. The zero-order valence-corrected chi connectivity index (χ0v) is 16.2. The van der Waals surface area contributed by atoms with Gasteiger partial charge in [-0.3, -0.25) is 14.7 Å². The van der Waals surface area contributed by atoms with E-state index in [1.54, 1.807) is 23.1 Å². The van der Waals surface area contributed by atoms with E-state index in [9.17, 15) is 9.59 Å². The molecule has 1 saturated heterocycles. The van der Waals surface area contributed by atoms with Gasteiger partial charge in [-0.1, -0.05) is 54.1 Å². The third-order valence-corrected chi connectivity index (χ3v) is 4.94. The molecule has 0 bridgehead atoms. The highest BCUT2D eigenvalue weighted by Crippen LogP contribution is 2.26. The fourth-order valence-electron chi connectivity index (χ4n) is 3.00. The van der Waals surface area contributed by atoms with Crippen molar-refractivity contribution in [2.45, 2.75) is 6.10 Å². The number of nitrogens with one attached hydrogen (secondary N) is 2. The number of hydrogen-bond acceptors (Lipinski definition) is 4. The minimum absolute atomic E-state index is 0.0921. The van der Waals surface area contributed by atoms with Crippen LogP contribution in [0.3, 0.4) is 0 Å². The van der Waals surface area contributed by atoms with Crippen molar-refractivity contribution in [2.75, 3.05) is 19.6 Å². The number of aromatic nitrogens is 2. The first-order valence-electron chi connectivity index (χ1n) is 9.18. The molecule has 2 aromatic carbocycles. The van der Waals surface area contributed by atoms with Gasteiger partial charge in [0.1, 0.15) is 11.9 Å². The van der Waals surface area contributed by atoms with Gasteiger partial charge in [-0.05, 0) is 23.8 Å². The molecule has 2 N–H and O–H groups in total. The smallest absolute Gasteiger partial charge is 0.272 e. The van der Waals surface area contributed by atoms with E-state index < -0.39 is 5.91 Å². The zero-order valence-electron chi connectivity index (χ0n) is 15.5. The lowest BCUT2D eigenvalue weighted by Crippen LogP contribution is -2.58. The predicted molar refractivity (Wildman–Crippen MR) is 109 cm³/mol.